The van der Waals surface area contributed by atoms with Crippen LogP contribution >= 0.6 is 0 Å². The Kier molecular flexibility index (Phi) is 3.14. The molecule has 0 saturated carbocycles. The molecule has 2 N–H and O–H groups in total. The van der Waals surface area contributed by atoms with Gasteiger partial charge in [-0.2, -0.15) is 0 Å². The van der Waals surface area contributed by atoms with Gasteiger partial charge in [0.2, 0.25) is 0 Å². The fourth-order valence-corrected chi connectivity index (χ4v) is 1.65. The fraction of sp³-hybridized carbons (Fsp3) is 0.0769. The summed E-state index contributed by atoms with van der Waals surface area (Å²) in [6, 6.07) is 5.79. The van der Waals surface area contributed by atoms with Gasteiger partial charge in [-0.05, 0) is 23.8 Å². The van der Waals surface area contributed by atoms with E-state index in [0.29, 0.717) is 23.1 Å². The molecular weight excluding hydrogens is 243 g/mol. The highest BCUT2D eigenvalue weighted by atomic mass is 19.2. The van der Waals surface area contributed by atoms with Crippen LogP contribution in [0.4, 0.5) is 18.9 Å². The van der Waals surface area contributed by atoms with Crippen molar-refractivity contribution >= 4 is 5.69 Å². The van der Waals surface area contributed by atoms with Gasteiger partial charge in [0.1, 0.15) is 11.6 Å². The van der Waals surface area contributed by atoms with E-state index in [0.717, 1.165) is 6.07 Å². The number of nitrogen functional groups attached to an aromatic ring is 1. The third-order valence-electron chi connectivity index (χ3n) is 2.55. The Balaban J connectivity index is 2.55. The number of ether oxygens (including phenoxy) is 1. The fourth-order valence-electron chi connectivity index (χ4n) is 1.65. The van der Waals surface area contributed by atoms with Gasteiger partial charge in [-0.15, -0.1) is 0 Å². The first-order chi connectivity index (χ1) is 8.52. The summed E-state index contributed by atoms with van der Waals surface area (Å²) in [7, 11) is 1.45. The van der Waals surface area contributed by atoms with Crippen LogP contribution in [-0.2, 0) is 0 Å². The zero-order valence-corrected chi connectivity index (χ0v) is 9.51. The molecule has 0 aliphatic rings. The molecule has 0 aliphatic carbocycles. The van der Waals surface area contributed by atoms with Crippen LogP contribution in [0.1, 0.15) is 0 Å². The van der Waals surface area contributed by atoms with E-state index in [1.807, 2.05) is 0 Å². The molecule has 0 fully saturated rings. The molecule has 0 spiro atoms. The number of halogens is 3. The Morgan fingerprint density at radius 3 is 2.22 bits per heavy atom. The Hall–Kier alpha value is -2.17. The number of anilines is 1. The second-order valence-corrected chi connectivity index (χ2v) is 3.70. The number of nitrogens with two attached hydrogens (primary N) is 1. The number of hydrogen-bond acceptors (Lipinski definition) is 2. The van der Waals surface area contributed by atoms with Gasteiger partial charge < -0.3 is 10.5 Å². The largest absolute Gasteiger partial charge is 0.495 e. The molecule has 0 heterocycles. The van der Waals surface area contributed by atoms with E-state index in [9.17, 15) is 13.2 Å². The monoisotopic (exact) mass is 253 g/mol. The first-order valence-corrected chi connectivity index (χ1v) is 5.11. The van der Waals surface area contributed by atoms with Crippen molar-refractivity contribution < 1.29 is 17.9 Å². The smallest absolute Gasteiger partial charge is 0.161 e. The number of rotatable bonds is 2. The van der Waals surface area contributed by atoms with Crippen LogP contribution in [0.15, 0.2) is 30.3 Å². The summed E-state index contributed by atoms with van der Waals surface area (Å²) in [5.41, 5.74) is 6.26. The molecule has 0 unspecified atom stereocenters. The second-order valence-electron chi connectivity index (χ2n) is 3.70. The molecular formula is C13H10F3NO. The highest BCUT2D eigenvalue weighted by Gasteiger charge is 2.12. The molecule has 0 saturated heterocycles. The predicted molar refractivity (Wildman–Crippen MR) is 62.7 cm³/mol. The maximum absolute atomic E-state index is 13.6. The second kappa shape index (κ2) is 4.60. The summed E-state index contributed by atoms with van der Waals surface area (Å²) in [4.78, 5) is 0. The third kappa shape index (κ3) is 2.11. The zero-order valence-electron chi connectivity index (χ0n) is 9.51. The maximum Gasteiger partial charge on any atom is 0.161 e. The van der Waals surface area contributed by atoms with Gasteiger partial charge in [0, 0.05) is 11.6 Å². The molecule has 18 heavy (non-hydrogen) atoms. The van der Waals surface area contributed by atoms with Gasteiger partial charge >= 0.3 is 0 Å². The Bertz CT molecular complexity index is 599. The van der Waals surface area contributed by atoms with E-state index in [1.54, 1.807) is 0 Å². The van der Waals surface area contributed by atoms with Crippen LogP contribution in [-0.4, -0.2) is 7.11 Å². The molecule has 0 amide bonds. The van der Waals surface area contributed by atoms with Crippen LogP contribution < -0.4 is 10.5 Å². The lowest BCUT2D eigenvalue weighted by Gasteiger charge is -2.08. The quantitative estimate of drug-likeness (QED) is 0.658. The average Bonchev–Trinajstić information content (AvgIpc) is 2.33. The van der Waals surface area contributed by atoms with E-state index in [2.05, 4.69) is 0 Å². The van der Waals surface area contributed by atoms with Crippen molar-refractivity contribution in [2.75, 3.05) is 12.8 Å². The maximum atomic E-state index is 13.6. The lowest BCUT2D eigenvalue weighted by atomic mass is 10.0. The number of methoxy groups -OCH3 is 1. The van der Waals surface area contributed by atoms with Crippen molar-refractivity contribution in [3.8, 4) is 16.9 Å². The summed E-state index contributed by atoms with van der Waals surface area (Å²) in [5, 5.41) is 0. The predicted octanol–water partition coefficient (Wildman–Crippen LogP) is 3.36. The topological polar surface area (TPSA) is 35.2 Å². The molecule has 0 atom stereocenters. The molecule has 5 heteroatoms. The molecule has 0 aliphatic heterocycles. The normalized spacial score (nSPS) is 10.4. The lowest BCUT2D eigenvalue weighted by Crippen LogP contribution is -1.95. The van der Waals surface area contributed by atoms with Crippen LogP contribution in [0, 0.1) is 17.5 Å². The molecule has 2 nitrogen and oxygen atoms in total. The number of hydrogen-bond donors (Lipinski definition) is 1. The van der Waals surface area contributed by atoms with Gasteiger partial charge in [0.25, 0.3) is 0 Å². The third-order valence-corrected chi connectivity index (χ3v) is 2.55. The van der Waals surface area contributed by atoms with Gasteiger partial charge in [0.15, 0.2) is 11.6 Å². The highest BCUT2D eigenvalue weighted by molar-refractivity contribution is 5.71. The van der Waals surface area contributed by atoms with E-state index in [4.69, 9.17) is 10.5 Å². The first kappa shape index (κ1) is 12.3. The van der Waals surface area contributed by atoms with Gasteiger partial charge in [-0.25, -0.2) is 13.2 Å². The number of benzene rings is 2. The summed E-state index contributed by atoms with van der Waals surface area (Å²) in [6.07, 6.45) is 0. The van der Waals surface area contributed by atoms with E-state index in [1.165, 1.54) is 25.3 Å². The SMILES string of the molecule is COc1ccc(-c2cc(F)c(F)cc2F)cc1N. The molecule has 94 valence electrons. The molecule has 2 aromatic carbocycles. The summed E-state index contributed by atoms with van der Waals surface area (Å²) >= 11 is 0. The van der Waals surface area contributed by atoms with Gasteiger partial charge in [-0.1, -0.05) is 6.07 Å². The van der Waals surface area contributed by atoms with E-state index in [-0.39, 0.29) is 5.56 Å². The highest BCUT2D eigenvalue weighted by Crippen LogP contribution is 2.30. The van der Waals surface area contributed by atoms with Gasteiger partial charge in [-0.3, -0.25) is 0 Å². The van der Waals surface area contributed by atoms with Crippen LogP contribution in [0.25, 0.3) is 11.1 Å². The van der Waals surface area contributed by atoms with Gasteiger partial charge in [0.05, 0.1) is 12.8 Å². The molecule has 0 aromatic heterocycles. The standard InChI is InChI=1S/C13H10F3NO/c1-18-13-3-2-7(4-12(13)17)8-5-10(15)11(16)6-9(8)14/h2-6H,17H2,1H3. The summed E-state index contributed by atoms with van der Waals surface area (Å²) in [5.74, 6) is -2.75. The van der Waals surface area contributed by atoms with Crippen molar-refractivity contribution in [3.05, 3.63) is 47.8 Å². The Morgan fingerprint density at radius 1 is 0.944 bits per heavy atom. The van der Waals surface area contributed by atoms with E-state index < -0.39 is 17.5 Å². The van der Waals surface area contributed by atoms with Crippen molar-refractivity contribution in [2.45, 2.75) is 0 Å². The van der Waals surface area contributed by atoms with Crippen molar-refractivity contribution in [1.82, 2.24) is 0 Å². The molecule has 2 aromatic rings. The minimum absolute atomic E-state index is 0.0525. The lowest BCUT2D eigenvalue weighted by molar-refractivity contribution is 0.417. The first-order valence-electron chi connectivity index (χ1n) is 5.11. The van der Waals surface area contributed by atoms with Crippen molar-refractivity contribution in [1.29, 1.82) is 0 Å². The summed E-state index contributed by atoms with van der Waals surface area (Å²) in [6.45, 7) is 0. The Labute approximate surface area is 102 Å². The van der Waals surface area contributed by atoms with Crippen LogP contribution in [0.2, 0.25) is 0 Å². The zero-order chi connectivity index (χ0) is 13.3. The van der Waals surface area contributed by atoms with Crippen LogP contribution in [0.3, 0.4) is 0 Å². The van der Waals surface area contributed by atoms with Crippen LogP contribution in [0.5, 0.6) is 5.75 Å². The Morgan fingerprint density at radius 2 is 1.61 bits per heavy atom. The van der Waals surface area contributed by atoms with Crippen molar-refractivity contribution in [2.24, 2.45) is 0 Å². The molecule has 2 rings (SSSR count). The average molecular weight is 253 g/mol. The minimum atomic E-state index is -1.22. The molecule has 0 bridgehead atoms. The minimum Gasteiger partial charge on any atom is -0.495 e. The summed E-state index contributed by atoms with van der Waals surface area (Å²) < 4.78 is 44.4. The van der Waals surface area contributed by atoms with Crippen molar-refractivity contribution in [3.63, 3.8) is 0 Å². The van der Waals surface area contributed by atoms with E-state index >= 15 is 0 Å². The molecule has 0 radical (unpaired) electrons.